The molecule has 5 aromatic rings. The predicted octanol–water partition coefficient (Wildman–Crippen LogP) is 8.19. The third-order valence-corrected chi connectivity index (χ3v) is 7.72. The number of carbonyl (C=O) groups is 1. The molecule has 0 unspecified atom stereocenters. The number of nitrogens with zero attached hydrogens (tertiary/aromatic N) is 3. The van der Waals surface area contributed by atoms with Gasteiger partial charge in [0.1, 0.15) is 18.5 Å². The third-order valence-electron chi connectivity index (χ3n) is 7.47. The Hall–Kier alpha value is -5.14. The molecule has 0 bridgehead atoms. The zero-order chi connectivity index (χ0) is 29.8. The lowest BCUT2D eigenvalue weighted by molar-refractivity contribution is -0.384. The van der Waals surface area contributed by atoms with Crippen LogP contribution in [0.4, 0.5) is 11.4 Å². The summed E-state index contributed by atoms with van der Waals surface area (Å²) >= 11 is 6.01. The number of carbonyl (C=O) groups excluding carboxylic acids is 1. The zero-order valence-corrected chi connectivity index (χ0v) is 23.9. The molecule has 1 atom stereocenters. The van der Waals surface area contributed by atoms with Gasteiger partial charge in [-0.3, -0.25) is 14.9 Å². The monoisotopic (exact) mass is 589 g/mol. The average Bonchev–Trinajstić information content (AvgIpc) is 3.04. The number of halogens is 1. The number of hydrogen-bond donors (Lipinski definition) is 0. The van der Waals surface area contributed by atoms with Crippen LogP contribution in [-0.2, 0) is 19.7 Å². The van der Waals surface area contributed by atoms with E-state index < -0.39 is 11.1 Å². The summed E-state index contributed by atoms with van der Waals surface area (Å²) in [5.74, 6) is 0.431. The molecule has 8 heteroatoms. The molecule has 214 valence electrons. The van der Waals surface area contributed by atoms with Crippen LogP contribution in [0.2, 0.25) is 5.02 Å². The van der Waals surface area contributed by atoms with E-state index in [0.717, 1.165) is 22.3 Å². The zero-order valence-electron chi connectivity index (χ0n) is 23.2. The van der Waals surface area contributed by atoms with Crippen LogP contribution >= 0.6 is 11.6 Å². The Labute approximate surface area is 254 Å². The summed E-state index contributed by atoms with van der Waals surface area (Å²) in [6, 6.07) is 39.5. The molecule has 43 heavy (non-hydrogen) atoms. The maximum absolute atomic E-state index is 14.2. The first kappa shape index (κ1) is 28.0. The summed E-state index contributed by atoms with van der Waals surface area (Å²) < 4.78 is 6.03. The molecular weight excluding hydrogens is 562 g/mol. The van der Waals surface area contributed by atoms with Crippen molar-refractivity contribution in [1.29, 1.82) is 0 Å². The summed E-state index contributed by atoms with van der Waals surface area (Å²) in [5.41, 5.74) is 4.73. The number of nitro benzene ring substituents is 1. The maximum atomic E-state index is 14.2. The van der Waals surface area contributed by atoms with Crippen molar-refractivity contribution < 1.29 is 14.5 Å². The van der Waals surface area contributed by atoms with E-state index in [1.54, 1.807) is 11.0 Å². The predicted molar refractivity (Wildman–Crippen MR) is 167 cm³/mol. The fraction of sp³-hybridized carbons (Fsp3) is 0.114. The molecule has 0 aliphatic carbocycles. The van der Waals surface area contributed by atoms with Crippen molar-refractivity contribution in [2.45, 2.75) is 25.9 Å². The molecule has 0 saturated heterocycles. The fourth-order valence-corrected chi connectivity index (χ4v) is 5.48. The standard InChI is InChI=1S/C35H28ClN3O4/c36-29-15-11-27(12-16-29)24-43-31-18-13-28(14-19-31)34-37(22-25-7-3-1-4-8-25)33-20-17-30(39(41)42)21-32(33)35(40)38(34)23-26-9-5-2-6-10-26/h1-21,34H,22-24H2/t34-/m0/s1. The van der Waals surface area contributed by atoms with Gasteiger partial charge < -0.3 is 14.5 Å². The number of anilines is 1. The topological polar surface area (TPSA) is 75.9 Å². The van der Waals surface area contributed by atoms with Gasteiger partial charge >= 0.3 is 0 Å². The first-order valence-electron chi connectivity index (χ1n) is 13.9. The van der Waals surface area contributed by atoms with Gasteiger partial charge in [0.2, 0.25) is 0 Å². The van der Waals surface area contributed by atoms with Gasteiger partial charge in [0.15, 0.2) is 0 Å². The molecule has 1 amide bonds. The Balaban J connectivity index is 1.40. The lowest BCUT2D eigenvalue weighted by Crippen LogP contribution is -2.48. The highest BCUT2D eigenvalue weighted by atomic mass is 35.5. The number of benzene rings is 5. The Kier molecular flexibility index (Phi) is 8.07. The molecule has 0 aromatic heterocycles. The summed E-state index contributed by atoms with van der Waals surface area (Å²) in [6.45, 7) is 1.21. The second-order valence-corrected chi connectivity index (χ2v) is 10.8. The van der Waals surface area contributed by atoms with Gasteiger partial charge in [-0.15, -0.1) is 0 Å². The Bertz CT molecular complexity index is 1730. The molecule has 0 fully saturated rings. The summed E-state index contributed by atoms with van der Waals surface area (Å²) in [7, 11) is 0. The highest BCUT2D eigenvalue weighted by Gasteiger charge is 2.39. The minimum Gasteiger partial charge on any atom is -0.489 e. The highest BCUT2D eigenvalue weighted by molar-refractivity contribution is 6.30. The van der Waals surface area contributed by atoms with Crippen molar-refractivity contribution in [3.63, 3.8) is 0 Å². The minimum atomic E-state index is -0.479. The van der Waals surface area contributed by atoms with Gasteiger partial charge in [-0.2, -0.15) is 0 Å². The van der Waals surface area contributed by atoms with Crippen molar-refractivity contribution in [1.82, 2.24) is 4.90 Å². The van der Waals surface area contributed by atoms with Crippen LogP contribution in [0.15, 0.2) is 127 Å². The van der Waals surface area contributed by atoms with Gasteiger partial charge in [-0.05, 0) is 52.6 Å². The third kappa shape index (κ3) is 6.22. The molecular formula is C35H28ClN3O4. The van der Waals surface area contributed by atoms with Gasteiger partial charge in [0, 0.05) is 30.2 Å². The van der Waals surface area contributed by atoms with E-state index in [-0.39, 0.29) is 11.6 Å². The molecule has 0 radical (unpaired) electrons. The number of rotatable bonds is 9. The Morgan fingerprint density at radius 2 is 1.33 bits per heavy atom. The second kappa shape index (κ2) is 12.4. The smallest absolute Gasteiger partial charge is 0.270 e. The lowest BCUT2D eigenvalue weighted by Gasteiger charge is -2.46. The molecule has 6 rings (SSSR count). The fourth-order valence-electron chi connectivity index (χ4n) is 5.36. The van der Waals surface area contributed by atoms with Crippen LogP contribution < -0.4 is 9.64 Å². The van der Waals surface area contributed by atoms with Crippen molar-refractivity contribution in [2.24, 2.45) is 0 Å². The van der Waals surface area contributed by atoms with E-state index in [4.69, 9.17) is 16.3 Å². The van der Waals surface area contributed by atoms with Crippen LogP contribution in [-0.4, -0.2) is 15.7 Å². The number of hydrogen-bond acceptors (Lipinski definition) is 5. The molecule has 7 nitrogen and oxygen atoms in total. The molecule has 1 aliphatic rings. The van der Waals surface area contributed by atoms with E-state index in [1.807, 2.05) is 109 Å². The molecule has 0 spiro atoms. The Morgan fingerprint density at radius 3 is 1.93 bits per heavy atom. The van der Waals surface area contributed by atoms with E-state index >= 15 is 0 Å². The van der Waals surface area contributed by atoms with Crippen LogP contribution in [0.25, 0.3) is 0 Å². The van der Waals surface area contributed by atoms with Crippen molar-refractivity contribution in [2.75, 3.05) is 4.90 Å². The number of ether oxygens (including phenoxy) is 1. The van der Waals surface area contributed by atoms with Crippen molar-refractivity contribution in [3.05, 3.63) is 170 Å². The first-order chi connectivity index (χ1) is 21.0. The lowest BCUT2D eigenvalue weighted by atomic mass is 9.98. The van der Waals surface area contributed by atoms with Gasteiger partial charge in [-0.25, -0.2) is 0 Å². The number of fused-ring (bicyclic) bond motifs is 1. The average molecular weight is 590 g/mol. The minimum absolute atomic E-state index is 0.118. The molecule has 1 aliphatic heterocycles. The summed E-state index contributed by atoms with van der Waals surface area (Å²) in [4.78, 5) is 29.3. The van der Waals surface area contributed by atoms with Crippen molar-refractivity contribution >= 4 is 28.9 Å². The maximum Gasteiger partial charge on any atom is 0.270 e. The van der Waals surface area contributed by atoms with E-state index in [0.29, 0.717) is 41.7 Å². The van der Waals surface area contributed by atoms with Crippen LogP contribution in [0.5, 0.6) is 5.75 Å². The quantitative estimate of drug-likeness (QED) is 0.128. The largest absolute Gasteiger partial charge is 0.489 e. The van der Waals surface area contributed by atoms with Gasteiger partial charge in [0.05, 0.1) is 16.2 Å². The molecule has 0 saturated carbocycles. The van der Waals surface area contributed by atoms with Crippen LogP contribution in [0.3, 0.4) is 0 Å². The van der Waals surface area contributed by atoms with E-state index in [2.05, 4.69) is 4.90 Å². The number of nitro groups is 1. The van der Waals surface area contributed by atoms with E-state index in [9.17, 15) is 14.9 Å². The summed E-state index contributed by atoms with van der Waals surface area (Å²) in [5, 5.41) is 12.3. The SMILES string of the molecule is O=C1c2cc([N+](=O)[O-])ccc2N(Cc2ccccc2)[C@H](c2ccc(OCc3ccc(Cl)cc3)cc2)N1Cc1ccccc1. The van der Waals surface area contributed by atoms with Gasteiger partial charge in [-0.1, -0.05) is 96.5 Å². The van der Waals surface area contributed by atoms with Gasteiger partial charge in [0.25, 0.3) is 11.6 Å². The molecule has 1 heterocycles. The molecule has 0 N–H and O–H groups in total. The molecule has 5 aromatic carbocycles. The number of non-ortho nitro benzene ring substituents is 1. The normalized spacial score (nSPS) is 14.3. The van der Waals surface area contributed by atoms with Crippen molar-refractivity contribution in [3.8, 4) is 5.75 Å². The Morgan fingerprint density at radius 1 is 0.721 bits per heavy atom. The second-order valence-electron chi connectivity index (χ2n) is 10.3. The summed E-state index contributed by atoms with van der Waals surface area (Å²) in [6.07, 6.45) is -0.479. The van der Waals surface area contributed by atoms with E-state index in [1.165, 1.54) is 12.1 Å². The highest BCUT2D eigenvalue weighted by Crippen LogP contribution is 2.42. The number of amides is 1. The first-order valence-corrected chi connectivity index (χ1v) is 14.3. The van der Waals surface area contributed by atoms with Crippen LogP contribution in [0.1, 0.15) is 38.8 Å². The van der Waals surface area contributed by atoms with Crippen LogP contribution in [0, 0.1) is 10.1 Å².